The van der Waals surface area contributed by atoms with Gasteiger partial charge in [0.1, 0.15) is 26.4 Å². The Morgan fingerprint density at radius 3 is 1.00 bits per heavy atom. The molecule has 17 nitrogen and oxygen atoms in total. The fourth-order valence-electron chi connectivity index (χ4n) is 2.79. The molecule has 0 rings (SSSR count). The molecule has 0 aliphatic heterocycles. The van der Waals surface area contributed by atoms with E-state index in [4.69, 9.17) is 43.6 Å². The van der Waals surface area contributed by atoms with Gasteiger partial charge in [0.05, 0.1) is 79.3 Å². The second kappa shape index (κ2) is 32.4. The Balaban J connectivity index is 3.34. The highest BCUT2D eigenvalue weighted by Gasteiger charge is 2.04. The first-order valence-corrected chi connectivity index (χ1v) is 14.4. The minimum absolute atomic E-state index is 0.0248. The first kappa shape index (κ1) is 40.5. The van der Waals surface area contributed by atoms with E-state index in [0.29, 0.717) is 59.3 Å². The van der Waals surface area contributed by atoms with Crippen molar-refractivity contribution < 1.29 is 57.1 Å². The molecule has 0 saturated heterocycles. The number of hydrogen-bond acceptors (Lipinski definition) is 13. The summed E-state index contributed by atoms with van der Waals surface area (Å²) in [6.07, 6.45) is 0.943. The third-order valence-electron chi connectivity index (χ3n) is 4.77. The van der Waals surface area contributed by atoms with Crippen molar-refractivity contribution in [3.63, 3.8) is 0 Å². The number of carbonyl (C=O) groups is 4. The van der Waals surface area contributed by atoms with Gasteiger partial charge in [0, 0.05) is 26.2 Å². The van der Waals surface area contributed by atoms with Gasteiger partial charge in [0.25, 0.3) is 0 Å². The monoisotopic (exact) mass is 625 g/mol. The maximum absolute atomic E-state index is 11.7. The van der Waals surface area contributed by atoms with E-state index in [9.17, 15) is 19.2 Å². The first-order chi connectivity index (χ1) is 21.0. The molecule has 0 aromatic carbocycles. The highest BCUT2D eigenvalue weighted by Crippen LogP contribution is 1.84. The molecule has 0 saturated carbocycles. The summed E-state index contributed by atoms with van der Waals surface area (Å²) in [5, 5.41) is 10.4. The van der Waals surface area contributed by atoms with Gasteiger partial charge >= 0.3 is 0 Å². The fourth-order valence-corrected chi connectivity index (χ4v) is 2.79. The van der Waals surface area contributed by atoms with Crippen molar-refractivity contribution in [2.24, 2.45) is 5.73 Å². The summed E-state index contributed by atoms with van der Waals surface area (Å²) in [5.41, 5.74) is 5.17. The lowest BCUT2D eigenvalue weighted by atomic mass is 10.5. The topological polar surface area (TPSA) is 216 Å². The number of nitrogens with one attached hydrogen (secondary N) is 4. The Morgan fingerprint density at radius 1 is 0.419 bits per heavy atom. The number of rotatable bonds is 32. The summed E-state index contributed by atoms with van der Waals surface area (Å²) in [5.74, 6) is -1.09. The Morgan fingerprint density at radius 2 is 0.698 bits per heavy atom. The van der Waals surface area contributed by atoms with Gasteiger partial charge in [0.2, 0.25) is 23.6 Å². The summed E-state index contributed by atoms with van der Waals surface area (Å²) in [6, 6.07) is 0. The summed E-state index contributed by atoms with van der Waals surface area (Å²) in [4.78, 5) is 46.1. The Bertz CT molecular complexity index is 705. The summed E-state index contributed by atoms with van der Waals surface area (Å²) < 4.78 is 41.9. The van der Waals surface area contributed by atoms with E-state index in [0.717, 1.165) is 6.42 Å². The first-order valence-electron chi connectivity index (χ1n) is 14.4. The highest BCUT2D eigenvalue weighted by molar-refractivity contribution is 5.78. The van der Waals surface area contributed by atoms with Crippen LogP contribution >= 0.6 is 0 Å². The van der Waals surface area contributed by atoms with Crippen LogP contribution in [-0.2, 0) is 57.1 Å². The van der Waals surface area contributed by atoms with E-state index >= 15 is 0 Å². The lowest BCUT2D eigenvalue weighted by Crippen LogP contribution is -2.33. The Labute approximate surface area is 253 Å². The molecule has 0 atom stereocenters. The van der Waals surface area contributed by atoms with E-state index in [-0.39, 0.29) is 96.4 Å². The zero-order valence-electron chi connectivity index (χ0n) is 25.3. The van der Waals surface area contributed by atoms with Crippen molar-refractivity contribution in [1.29, 1.82) is 0 Å². The predicted molar refractivity (Wildman–Crippen MR) is 153 cm³/mol. The van der Waals surface area contributed by atoms with Crippen molar-refractivity contribution in [2.45, 2.75) is 13.3 Å². The van der Waals surface area contributed by atoms with Crippen molar-refractivity contribution in [1.82, 2.24) is 21.3 Å². The molecule has 6 N–H and O–H groups in total. The van der Waals surface area contributed by atoms with Gasteiger partial charge in [-0.15, -0.1) is 0 Å². The Hall–Kier alpha value is -2.48. The van der Waals surface area contributed by atoms with Crippen LogP contribution in [0.15, 0.2) is 0 Å². The number of nitrogens with two attached hydrogens (primary N) is 1. The van der Waals surface area contributed by atoms with Crippen LogP contribution in [0.2, 0.25) is 0 Å². The van der Waals surface area contributed by atoms with Crippen LogP contribution in [0.25, 0.3) is 0 Å². The van der Waals surface area contributed by atoms with Gasteiger partial charge < -0.3 is 64.9 Å². The van der Waals surface area contributed by atoms with Crippen LogP contribution in [-0.4, -0.2) is 156 Å². The van der Waals surface area contributed by atoms with Gasteiger partial charge in [0.15, 0.2) is 0 Å². The molecule has 4 amide bonds. The third kappa shape index (κ3) is 32.3. The van der Waals surface area contributed by atoms with Gasteiger partial charge in [-0.25, -0.2) is 0 Å². The lowest BCUT2D eigenvalue weighted by Gasteiger charge is -2.09. The third-order valence-corrected chi connectivity index (χ3v) is 4.77. The molecule has 0 unspecified atom stereocenters. The van der Waals surface area contributed by atoms with E-state index < -0.39 is 0 Å². The average molecular weight is 626 g/mol. The van der Waals surface area contributed by atoms with Crippen molar-refractivity contribution in [2.75, 3.05) is 132 Å². The summed E-state index contributed by atoms with van der Waals surface area (Å²) >= 11 is 0. The SMILES string of the molecule is CCCOCCOCC(=O)NCCOCCOCC(=O)NCCOCCOCC(=O)NCCOCCOCC(=O)NCN. The van der Waals surface area contributed by atoms with Gasteiger partial charge in [-0.1, -0.05) is 6.92 Å². The molecule has 0 spiro atoms. The van der Waals surface area contributed by atoms with E-state index in [1.165, 1.54) is 0 Å². The maximum Gasteiger partial charge on any atom is 0.246 e. The molecule has 252 valence electrons. The molecule has 0 bridgehead atoms. The predicted octanol–water partition coefficient (Wildman–Crippen LogP) is -3.09. The molecule has 0 aromatic heterocycles. The molecule has 0 aromatic rings. The van der Waals surface area contributed by atoms with Gasteiger partial charge in [-0.05, 0) is 6.42 Å². The van der Waals surface area contributed by atoms with Crippen molar-refractivity contribution >= 4 is 23.6 Å². The van der Waals surface area contributed by atoms with Crippen LogP contribution < -0.4 is 27.0 Å². The van der Waals surface area contributed by atoms with Crippen LogP contribution in [0, 0.1) is 0 Å². The Kier molecular flexibility index (Phi) is 30.6. The zero-order chi connectivity index (χ0) is 31.6. The molecule has 0 heterocycles. The standard InChI is InChI=1S/C26H51N5O12/c1-2-6-36-10-14-40-18-23(32)28-3-7-37-11-15-41-19-24(33)29-4-8-38-12-16-42-20-25(34)30-5-9-39-13-17-43-21-26(35)31-22-27/h2-22,27H2,1H3,(H,28,32)(H,29,33)(H,30,34)(H,31,35). The van der Waals surface area contributed by atoms with Gasteiger partial charge in [-0.3, -0.25) is 19.2 Å². The van der Waals surface area contributed by atoms with E-state index in [1.54, 1.807) is 0 Å². The van der Waals surface area contributed by atoms with Crippen LogP contribution in [0.5, 0.6) is 0 Å². The molecular formula is C26H51N5O12. The molecule has 0 fully saturated rings. The fraction of sp³-hybridized carbons (Fsp3) is 0.846. The lowest BCUT2D eigenvalue weighted by molar-refractivity contribution is -0.128. The molecular weight excluding hydrogens is 574 g/mol. The number of hydrogen-bond donors (Lipinski definition) is 5. The average Bonchev–Trinajstić information content (AvgIpc) is 2.99. The molecule has 43 heavy (non-hydrogen) atoms. The van der Waals surface area contributed by atoms with E-state index in [2.05, 4.69) is 21.3 Å². The minimum Gasteiger partial charge on any atom is -0.379 e. The second-order valence-corrected chi connectivity index (χ2v) is 8.51. The normalized spacial score (nSPS) is 10.8. The van der Waals surface area contributed by atoms with Crippen molar-refractivity contribution in [3.05, 3.63) is 0 Å². The zero-order valence-corrected chi connectivity index (χ0v) is 25.3. The summed E-state index contributed by atoms with van der Waals surface area (Å²) in [7, 11) is 0. The van der Waals surface area contributed by atoms with Crippen molar-refractivity contribution in [3.8, 4) is 0 Å². The van der Waals surface area contributed by atoms with E-state index in [1.807, 2.05) is 6.92 Å². The van der Waals surface area contributed by atoms with Crippen LogP contribution in [0.4, 0.5) is 0 Å². The van der Waals surface area contributed by atoms with Crippen LogP contribution in [0.1, 0.15) is 13.3 Å². The summed E-state index contributed by atoms with van der Waals surface area (Å²) in [6.45, 7) is 6.70. The maximum atomic E-state index is 11.7. The molecule has 0 radical (unpaired) electrons. The molecule has 0 aliphatic rings. The number of ether oxygens (including phenoxy) is 8. The number of carbonyl (C=O) groups excluding carboxylic acids is 4. The number of amides is 4. The molecule has 0 aliphatic carbocycles. The molecule has 17 heteroatoms. The smallest absolute Gasteiger partial charge is 0.246 e. The second-order valence-electron chi connectivity index (χ2n) is 8.51. The largest absolute Gasteiger partial charge is 0.379 e. The van der Waals surface area contributed by atoms with Gasteiger partial charge in [-0.2, -0.15) is 0 Å². The van der Waals surface area contributed by atoms with Crippen LogP contribution in [0.3, 0.4) is 0 Å². The minimum atomic E-state index is -0.295. The quantitative estimate of drug-likeness (QED) is 0.0371. The highest BCUT2D eigenvalue weighted by atomic mass is 16.5.